The fourth-order valence-electron chi connectivity index (χ4n) is 3.73. The van der Waals surface area contributed by atoms with Gasteiger partial charge in [0.15, 0.2) is 0 Å². The number of carbonyl (C=O) groups is 1. The summed E-state index contributed by atoms with van der Waals surface area (Å²) >= 11 is 0. The number of pyridine rings is 1. The van der Waals surface area contributed by atoms with Crippen LogP contribution in [0.15, 0.2) is 59.7 Å². The molecule has 2 heterocycles. The molecule has 6 nitrogen and oxygen atoms in total. The number of hydrazone groups is 1. The van der Waals surface area contributed by atoms with E-state index >= 15 is 0 Å². The summed E-state index contributed by atoms with van der Waals surface area (Å²) in [5.41, 5.74) is -2.99. The van der Waals surface area contributed by atoms with Gasteiger partial charge < -0.3 is 9.84 Å². The van der Waals surface area contributed by atoms with Crippen molar-refractivity contribution in [3.63, 3.8) is 0 Å². The normalized spacial score (nSPS) is 18.1. The molecule has 1 N–H and O–H groups in total. The first kappa shape index (κ1) is 24.6. The van der Waals surface area contributed by atoms with Crippen molar-refractivity contribution in [2.75, 3.05) is 6.61 Å². The molecule has 0 saturated heterocycles. The Morgan fingerprint density at radius 2 is 1.86 bits per heavy atom. The average Bonchev–Trinajstić information content (AvgIpc) is 3.21. The molecule has 1 aliphatic rings. The number of hydrogen-bond donors (Lipinski definition) is 1. The van der Waals surface area contributed by atoms with Crippen LogP contribution in [0, 0.1) is 5.92 Å². The average molecular weight is 489 g/mol. The summed E-state index contributed by atoms with van der Waals surface area (Å²) in [5, 5.41) is 14.2. The van der Waals surface area contributed by atoms with Crippen LogP contribution in [0.4, 0.5) is 17.6 Å². The number of nitrogens with zero attached hydrogens (tertiary/aromatic N) is 3. The van der Waals surface area contributed by atoms with E-state index < -0.39 is 36.6 Å². The lowest BCUT2D eigenvalue weighted by atomic mass is 10.0. The number of fused-ring (bicyclic) bond motifs is 1. The zero-order chi connectivity index (χ0) is 25.3. The first-order valence-electron chi connectivity index (χ1n) is 10.9. The van der Waals surface area contributed by atoms with Crippen LogP contribution in [-0.4, -0.2) is 51.9 Å². The number of hydrogen-bond acceptors (Lipinski definition) is 5. The number of carbonyl (C=O) groups excluding carboxylic acids is 1. The summed E-state index contributed by atoms with van der Waals surface area (Å²) in [7, 11) is 0. The van der Waals surface area contributed by atoms with E-state index in [1.165, 1.54) is 6.07 Å². The molecule has 0 saturated carbocycles. The van der Waals surface area contributed by atoms with E-state index in [2.05, 4.69) is 10.1 Å². The molecule has 35 heavy (non-hydrogen) atoms. The molecule has 0 bridgehead atoms. The number of ether oxygens (including phenoxy) is 1. The number of rotatable bonds is 7. The highest BCUT2D eigenvalue weighted by Crippen LogP contribution is 2.36. The van der Waals surface area contributed by atoms with Crippen molar-refractivity contribution in [3.8, 4) is 17.0 Å². The Kier molecular flexibility index (Phi) is 6.75. The number of aliphatic hydroxyl groups is 1. The van der Waals surface area contributed by atoms with Gasteiger partial charge in [0.2, 0.25) is 5.72 Å². The predicted octanol–water partition coefficient (Wildman–Crippen LogP) is 5.36. The van der Waals surface area contributed by atoms with Gasteiger partial charge in [-0.3, -0.25) is 4.79 Å². The highest BCUT2D eigenvalue weighted by atomic mass is 19.3. The largest absolute Gasteiger partial charge is 0.493 e. The van der Waals surface area contributed by atoms with Gasteiger partial charge in [0.1, 0.15) is 11.5 Å². The molecule has 2 aromatic carbocycles. The maximum absolute atomic E-state index is 13.7. The lowest BCUT2D eigenvalue weighted by molar-refractivity contribution is -0.164. The SMILES string of the molecule is CC(C)COc1cccc(-c2cc(C(=O)N3N=C(C(F)F)CC3(O)C(F)F)c3ccccc3n2)c1. The Morgan fingerprint density at radius 1 is 1.11 bits per heavy atom. The van der Waals surface area contributed by atoms with E-state index in [-0.39, 0.29) is 10.6 Å². The molecule has 0 radical (unpaired) electrons. The molecule has 0 spiro atoms. The number of para-hydroxylation sites is 1. The van der Waals surface area contributed by atoms with E-state index in [1.807, 2.05) is 13.8 Å². The second-order valence-electron chi connectivity index (χ2n) is 8.67. The van der Waals surface area contributed by atoms with Crippen molar-refractivity contribution in [1.82, 2.24) is 9.99 Å². The van der Waals surface area contributed by atoms with E-state index in [1.54, 1.807) is 48.5 Å². The van der Waals surface area contributed by atoms with Crippen molar-refractivity contribution >= 4 is 22.5 Å². The second kappa shape index (κ2) is 9.61. The van der Waals surface area contributed by atoms with Crippen molar-refractivity contribution in [1.29, 1.82) is 0 Å². The number of alkyl halides is 4. The maximum Gasteiger partial charge on any atom is 0.287 e. The molecule has 4 rings (SSSR count). The van der Waals surface area contributed by atoms with Crippen molar-refractivity contribution in [3.05, 3.63) is 60.2 Å². The van der Waals surface area contributed by atoms with Crippen molar-refractivity contribution < 1.29 is 32.2 Å². The summed E-state index contributed by atoms with van der Waals surface area (Å²) in [6, 6.07) is 14.9. The van der Waals surface area contributed by atoms with Crippen LogP contribution >= 0.6 is 0 Å². The number of benzene rings is 2. The number of amides is 1. The van der Waals surface area contributed by atoms with Gasteiger partial charge in [-0.05, 0) is 30.2 Å². The summed E-state index contributed by atoms with van der Waals surface area (Å²) in [6.45, 7) is 4.50. The summed E-state index contributed by atoms with van der Waals surface area (Å²) < 4.78 is 59.7. The van der Waals surface area contributed by atoms with Gasteiger partial charge in [-0.2, -0.15) is 10.1 Å². The minimum atomic E-state index is -3.52. The Hall–Kier alpha value is -3.53. The molecule has 1 amide bonds. The quantitative estimate of drug-likeness (QED) is 0.454. The van der Waals surface area contributed by atoms with E-state index in [9.17, 15) is 27.5 Å². The smallest absolute Gasteiger partial charge is 0.287 e. The Balaban J connectivity index is 1.81. The van der Waals surface area contributed by atoms with Gasteiger partial charge >= 0.3 is 0 Å². The molecule has 184 valence electrons. The van der Waals surface area contributed by atoms with Gasteiger partial charge in [-0.1, -0.05) is 44.2 Å². The molecule has 1 unspecified atom stereocenters. The lowest BCUT2D eigenvalue weighted by Gasteiger charge is -2.30. The second-order valence-corrected chi connectivity index (χ2v) is 8.67. The molecule has 3 aromatic rings. The molecule has 1 atom stereocenters. The van der Waals surface area contributed by atoms with E-state index in [4.69, 9.17) is 4.74 Å². The van der Waals surface area contributed by atoms with Gasteiger partial charge in [-0.15, -0.1) is 0 Å². The van der Waals surface area contributed by atoms with Crippen molar-refractivity contribution in [2.24, 2.45) is 11.0 Å². The molecular weight excluding hydrogens is 466 g/mol. The Morgan fingerprint density at radius 3 is 2.54 bits per heavy atom. The third-order valence-corrected chi connectivity index (χ3v) is 5.49. The third kappa shape index (κ3) is 4.84. The Labute approximate surface area is 198 Å². The highest BCUT2D eigenvalue weighted by Gasteiger charge is 2.53. The number of halogens is 4. The van der Waals surface area contributed by atoms with Crippen LogP contribution in [0.1, 0.15) is 30.6 Å². The highest BCUT2D eigenvalue weighted by molar-refractivity contribution is 6.08. The topological polar surface area (TPSA) is 75.0 Å². The molecule has 0 fully saturated rings. The maximum atomic E-state index is 13.7. The summed E-state index contributed by atoms with van der Waals surface area (Å²) in [5.74, 6) is -0.262. The van der Waals surface area contributed by atoms with E-state index in [0.29, 0.717) is 40.4 Å². The molecule has 1 aromatic heterocycles. The first-order chi connectivity index (χ1) is 16.6. The Bertz CT molecular complexity index is 1280. The zero-order valence-electron chi connectivity index (χ0n) is 19.0. The fourth-order valence-corrected chi connectivity index (χ4v) is 3.73. The van der Waals surface area contributed by atoms with Gasteiger partial charge in [-0.25, -0.2) is 22.5 Å². The predicted molar refractivity (Wildman–Crippen MR) is 123 cm³/mol. The van der Waals surface area contributed by atoms with Crippen LogP contribution in [0.3, 0.4) is 0 Å². The first-order valence-corrected chi connectivity index (χ1v) is 10.9. The van der Waals surface area contributed by atoms with Crippen LogP contribution < -0.4 is 4.74 Å². The van der Waals surface area contributed by atoms with Gasteiger partial charge in [0.05, 0.1) is 23.4 Å². The number of aromatic nitrogens is 1. The standard InChI is InChI=1S/C25H23F4N3O3/c1-14(2)13-35-16-7-5-6-15(10-16)20-11-18(17-8-3-4-9-19(17)30-20)23(33)32-25(34,24(28)29)12-21(31-32)22(26)27/h3-11,14,22,24,34H,12-13H2,1-2H3. The molecular formula is C25H23F4N3O3. The monoisotopic (exact) mass is 489 g/mol. The summed E-state index contributed by atoms with van der Waals surface area (Å²) in [4.78, 5) is 18.0. The minimum Gasteiger partial charge on any atom is -0.493 e. The van der Waals surface area contributed by atoms with Crippen LogP contribution in [0.2, 0.25) is 0 Å². The van der Waals surface area contributed by atoms with Crippen LogP contribution in [0.25, 0.3) is 22.2 Å². The van der Waals surface area contributed by atoms with Gasteiger partial charge in [0, 0.05) is 17.4 Å². The van der Waals surface area contributed by atoms with Crippen LogP contribution in [0.5, 0.6) is 5.75 Å². The molecule has 10 heteroatoms. The molecule has 0 aliphatic carbocycles. The summed E-state index contributed by atoms with van der Waals surface area (Å²) in [6.07, 6.45) is -7.87. The van der Waals surface area contributed by atoms with Crippen molar-refractivity contribution in [2.45, 2.75) is 38.8 Å². The fraction of sp³-hybridized carbons (Fsp3) is 0.320. The zero-order valence-corrected chi connectivity index (χ0v) is 19.0. The van der Waals surface area contributed by atoms with Gasteiger partial charge in [0.25, 0.3) is 18.8 Å². The lowest BCUT2D eigenvalue weighted by Crippen LogP contribution is -2.51. The van der Waals surface area contributed by atoms with E-state index in [0.717, 1.165) is 0 Å². The molecule has 1 aliphatic heterocycles. The third-order valence-electron chi connectivity index (χ3n) is 5.49. The van der Waals surface area contributed by atoms with Crippen LogP contribution in [-0.2, 0) is 0 Å². The minimum absolute atomic E-state index is 0.0624.